The first-order chi connectivity index (χ1) is 27.8. The van der Waals surface area contributed by atoms with Crippen molar-refractivity contribution >= 4 is 0 Å². The molecule has 1 aliphatic rings. The van der Waals surface area contributed by atoms with Gasteiger partial charge in [-0.2, -0.15) is 0 Å². The number of hydrogen-bond acceptors (Lipinski definition) is 6. The topological polar surface area (TPSA) is 55.4 Å². The van der Waals surface area contributed by atoms with Gasteiger partial charge in [0.2, 0.25) is 0 Å². The third-order valence-corrected chi connectivity index (χ3v) is 10.2. The van der Waals surface area contributed by atoms with E-state index in [0.29, 0.717) is 39.6 Å². The van der Waals surface area contributed by atoms with E-state index >= 15 is 0 Å². The summed E-state index contributed by atoms with van der Waals surface area (Å²) in [6, 6.07) is 62.1. The van der Waals surface area contributed by atoms with E-state index in [1.165, 1.54) is 0 Å². The van der Waals surface area contributed by atoms with Crippen LogP contribution in [-0.2, 0) is 53.8 Å². The molecule has 0 radical (unpaired) electrons. The average molecular weight is 749 g/mol. The highest BCUT2D eigenvalue weighted by Gasteiger charge is 2.47. The summed E-state index contributed by atoms with van der Waals surface area (Å²) in [5.74, 6) is 0. The van der Waals surface area contributed by atoms with Gasteiger partial charge in [-0.3, -0.25) is 0 Å². The molecule has 7 rings (SSSR count). The zero-order chi connectivity index (χ0) is 38.1. The van der Waals surface area contributed by atoms with Crippen LogP contribution in [0.25, 0.3) is 0 Å². The summed E-state index contributed by atoms with van der Waals surface area (Å²) in [7, 11) is 0. The molecule has 6 heteroatoms. The Morgan fingerprint density at radius 3 is 1.30 bits per heavy atom. The molecule has 6 aromatic carbocycles. The molecular weight excluding hydrogens is 697 g/mol. The summed E-state index contributed by atoms with van der Waals surface area (Å²) in [4.78, 5) is 0. The maximum Gasteiger partial charge on any atom is 0.186 e. The van der Waals surface area contributed by atoms with E-state index in [-0.39, 0.29) is 6.10 Å². The number of unbranched alkanes of at least 4 members (excludes halogenated alkanes) is 2. The van der Waals surface area contributed by atoms with Crippen LogP contribution in [0.4, 0.5) is 0 Å². The highest BCUT2D eigenvalue weighted by Crippen LogP contribution is 2.40. The van der Waals surface area contributed by atoms with Crippen LogP contribution in [0.5, 0.6) is 0 Å². The molecule has 0 amide bonds. The van der Waals surface area contributed by atoms with E-state index in [1.807, 2.05) is 72.8 Å². The molecule has 0 N–H and O–H groups in total. The molecule has 1 saturated heterocycles. The van der Waals surface area contributed by atoms with Gasteiger partial charge < -0.3 is 28.4 Å². The van der Waals surface area contributed by atoms with Gasteiger partial charge in [0, 0.05) is 13.2 Å². The first-order valence-electron chi connectivity index (χ1n) is 19.8. The minimum atomic E-state index is -0.729. The Kier molecular flexibility index (Phi) is 14.6. The second-order valence-electron chi connectivity index (χ2n) is 14.1. The normalized spacial score (nSPS) is 18.2. The maximum absolute atomic E-state index is 7.00. The van der Waals surface area contributed by atoms with E-state index in [2.05, 4.69) is 109 Å². The van der Waals surface area contributed by atoms with Crippen LogP contribution >= 0.6 is 0 Å². The highest BCUT2D eigenvalue weighted by molar-refractivity contribution is 5.47. The van der Waals surface area contributed by atoms with Gasteiger partial charge in [0.1, 0.15) is 23.9 Å². The predicted octanol–water partition coefficient (Wildman–Crippen LogP) is 10.3. The fraction of sp³-hybridized carbons (Fsp3) is 0.280. The van der Waals surface area contributed by atoms with Crippen molar-refractivity contribution in [1.29, 1.82) is 0 Å². The molecule has 0 aromatic heterocycles. The van der Waals surface area contributed by atoms with Crippen molar-refractivity contribution in [2.75, 3.05) is 19.8 Å². The molecule has 1 heterocycles. The Morgan fingerprint density at radius 2 is 0.821 bits per heavy atom. The van der Waals surface area contributed by atoms with Gasteiger partial charge in [0.25, 0.3) is 0 Å². The minimum absolute atomic E-state index is 0.350. The summed E-state index contributed by atoms with van der Waals surface area (Å²) < 4.78 is 39.5. The maximum atomic E-state index is 7.00. The van der Waals surface area contributed by atoms with Gasteiger partial charge in [0.05, 0.1) is 26.4 Å². The number of benzene rings is 6. The van der Waals surface area contributed by atoms with E-state index < -0.39 is 24.1 Å². The Bertz CT molecular complexity index is 1850. The summed E-state index contributed by atoms with van der Waals surface area (Å²) in [5.41, 5.74) is 5.85. The Balaban J connectivity index is 0.998. The van der Waals surface area contributed by atoms with Crippen molar-refractivity contribution < 1.29 is 28.4 Å². The van der Waals surface area contributed by atoms with Crippen molar-refractivity contribution in [2.45, 2.75) is 69.3 Å². The van der Waals surface area contributed by atoms with Gasteiger partial charge in [-0.1, -0.05) is 182 Å². The molecule has 6 aromatic rings. The van der Waals surface area contributed by atoms with Crippen molar-refractivity contribution in [3.05, 3.63) is 215 Å². The molecular formula is C50H52O6. The quantitative estimate of drug-likeness (QED) is 0.0540. The molecule has 56 heavy (non-hydrogen) atoms. The van der Waals surface area contributed by atoms with Gasteiger partial charge in [-0.25, -0.2) is 0 Å². The van der Waals surface area contributed by atoms with Crippen LogP contribution < -0.4 is 0 Å². The standard InChI is InChI=1S/C50H52O6/c1-8-22-40(23-9-1)36-51-39-46-47(53-37-41-24-10-2-11-25-41)48(54-38-42-26-12-3-13-27-42)49(56-46)52-34-20-7-21-35-55-50(43-28-14-4-15-29-43,44-30-16-5-17-31-44)45-32-18-6-19-33-45/h1-6,8-19,22-33,46-49H,7,20-21,34-39H2/t46-,47-,48-,49+/m1/s1. The SMILES string of the molecule is c1ccc(COC[C@H]2O[C@H](OCCCCCOC(c3ccccc3)(c3ccccc3)c3ccccc3)[C@H](OCc3ccccc3)[C@@H]2OCc2ccccc2)cc1. The van der Waals surface area contributed by atoms with Gasteiger partial charge in [0.15, 0.2) is 6.29 Å². The summed E-state index contributed by atoms with van der Waals surface area (Å²) >= 11 is 0. The molecule has 0 aliphatic carbocycles. The van der Waals surface area contributed by atoms with E-state index in [1.54, 1.807) is 0 Å². The van der Waals surface area contributed by atoms with Crippen LogP contribution in [0.1, 0.15) is 52.6 Å². The molecule has 0 bridgehead atoms. The highest BCUT2D eigenvalue weighted by atomic mass is 16.7. The number of hydrogen-bond donors (Lipinski definition) is 0. The lowest BCUT2D eigenvalue weighted by atomic mass is 9.80. The molecule has 6 nitrogen and oxygen atoms in total. The second-order valence-corrected chi connectivity index (χ2v) is 14.1. The lowest BCUT2D eigenvalue weighted by Crippen LogP contribution is -2.39. The second kappa shape index (κ2) is 20.8. The molecule has 1 fully saturated rings. The monoisotopic (exact) mass is 748 g/mol. The Morgan fingerprint density at radius 1 is 0.411 bits per heavy atom. The Hall–Kier alpha value is -4.92. The number of ether oxygens (including phenoxy) is 6. The van der Waals surface area contributed by atoms with Crippen molar-refractivity contribution in [2.24, 2.45) is 0 Å². The molecule has 0 unspecified atom stereocenters. The van der Waals surface area contributed by atoms with Crippen molar-refractivity contribution in [1.82, 2.24) is 0 Å². The Labute approximate surface area is 332 Å². The predicted molar refractivity (Wildman–Crippen MR) is 220 cm³/mol. The van der Waals surface area contributed by atoms with Crippen molar-refractivity contribution in [3.63, 3.8) is 0 Å². The van der Waals surface area contributed by atoms with Crippen LogP contribution in [-0.4, -0.2) is 44.4 Å². The van der Waals surface area contributed by atoms with Crippen LogP contribution in [0, 0.1) is 0 Å². The molecule has 0 saturated carbocycles. The molecule has 288 valence electrons. The fourth-order valence-electron chi connectivity index (χ4n) is 7.31. The summed E-state index contributed by atoms with van der Waals surface area (Å²) in [6.07, 6.45) is 0.816. The zero-order valence-corrected chi connectivity index (χ0v) is 31.9. The van der Waals surface area contributed by atoms with Crippen LogP contribution in [0.3, 0.4) is 0 Å². The lowest BCUT2D eigenvalue weighted by Gasteiger charge is -2.36. The lowest BCUT2D eigenvalue weighted by molar-refractivity contribution is -0.185. The molecule has 0 spiro atoms. The zero-order valence-electron chi connectivity index (χ0n) is 31.9. The third kappa shape index (κ3) is 10.5. The van der Waals surface area contributed by atoms with E-state index in [4.69, 9.17) is 28.4 Å². The van der Waals surface area contributed by atoms with Crippen LogP contribution in [0.15, 0.2) is 182 Å². The first-order valence-corrected chi connectivity index (χ1v) is 19.8. The van der Waals surface area contributed by atoms with Crippen LogP contribution in [0.2, 0.25) is 0 Å². The molecule has 4 atom stereocenters. The average Bonchev–Trinajstić information content (AvgIpc) is 3.60. The van der Waals surface area contributed by atoms with Gasteiger partial charge in [-0.05, 0) is 52.6 Å². The van der Waals surface area contributed by atoms with Crippen molar-refractivity contribution in [3.8, 4) is 0 Å². The van der Waals surface area contributed by atoms with E-state index in [9.17, 15) is 0 Å². The minimum Gasteiger partial charge on any atom is -0.374 e. The fourth-order valence-corrected chi connectivity index (χ4v) is 7.31. The third-order valence-electron chi connectivity index (χ3n) is 10.2. The van der Waals surface area contributed by atoms with Gasteiger partial charge >= 0.3 is 0 Å². The number of rotatable bonds is 21. The first kappa shape index (κ1) is 39.3. The summed E-state index contributed by atoms with van der Waals surface area (Å²) in [5, 5.41) is 0. The van der Waals surface area contributed by atoms with Gasteiger partial charge in [-0.15, -0.1) is 0 Å². The van der Waals surface area contributed by atoms with E-state index in [0.717, 1.165) is 52.6 Å². The smallest absolute Gasteiger partial charge is 0.186 e. The molecule has 1 aliphatic heterocycles. The largest absolute Gasteiger partial charge is 0.374 e. The summed E-state index contributed by atoms with van der Waals surface area (Å²) in [6.45, 7) is 2.77.